The highest BCUT2D eigenvalue weighted by Gasteiger charge is 2.28. The molecule has 0 radical (unpaired) electrons. The smallest absolute Gasteiger partial charge is 0.339 e. The third kappa shape index (κ3) is 3.93. The quantitative estimate of drug-likeness (QED) is 0.325. The fourth-order valence-electron chi connectivity index (χ4n) is 2.78. The van der Waals surface area contributed by atoms with Crippen molar-refractivity contribution in [2.45, 2.75) is 45.1 Å². The van der Waals surface area contributed by atoms with Crippen LogP contribution >= 0.6 is 22.6 Å². The van der Waals surface area contributed by atoms with Crippen LogP contribution in [0.1, 0.15) is 49.4 Å². The van der Waals surface area contributed by atoms with E-state index in [-0.39, 0.29) is 17.4 Å². The van der Waals surface area contributed by atoms with E-state index < -0.39 is 10.9 Å². The standard InChI is InChI=1S/C15H18INO4/c1-2-10-5-3-4-6-14(10)21-15(18)12-9-11(17(19)20)7-8-13(12)16/h7-10,14H,2-6H2,1H3. The Morgan fingerprint density at radius 3 is 2.81 bits per heavy atom. The van der Waals surface area contributed by atoms with Gasteiger partial charge in [-0.3, -0.25) is 10.1 Å². The third-order valence-electron chi connectivity index (χ3n) is 4.00. The molecule has 2 atom stereocenters. The van der Waals surface area contributed by atoms with Crippen LogP contribution in [-0.2, 0) is 4.74 Å². The second-order valence-corrected chi connectivity index (χ2v) is 6.48. The third-order valence-corrected chi connectivity index (χ3v) is 4.94. The fraction of sp³-hybridized carbons (Fsp3) is 0.533. The zero-order valence-corrected chi connectivity index (χ0v) is 14.0. The molecule has 1 aliphatic carbocycles. The summed E-state index contributed by atoms with van der Waals surface area (Å²) in [7, 11) is 0. The molecule has 114 valence electrons. The summed E-state index contributed by atoms with van der Waals surface area (Å²) in [6.07, 6.45) is 5.15. The van der Waals surface area contributed by atoms with Gasteiger partial charge in [-0.05, 0) is 60.3 Å². The Kier molecular flexibility index (Phi) is 5.55. The van der Waals surface area contributed by atoms with E-state index >= 15 is 0 Å². The van der Waals surface area contributed by atoms with Crippen LogP contribution in [0.3, 0.4) is 0 Å². The molecule has 0 aromatic heterocycles. The Morgan fingerprint density at radius 2 is 2.14 bits per heavy atom. The lowest BCUT2D eigenvalue weighted by Crippen LogP contribution is -2.30. The second-order valence-electron chi connectivity index (χ2n) is 5.32. The average molecular weight is 403 g/mol. The van der Waals surface area contributed by atoms with Gasteiger partial charge < -0.3 is 4.74 Å². The zero-order valence-electron chi connectivity index (χ0n) is 11.9. The number of hydrogen-bond acceptors (Lipinski definition) is 4. The molecule has 0 amide bonds. The van der Waals surface area contributed by atoms with E-state index in [2.05, 4.69) is 6.92 Å². The molecule has 0 saturated heterocycles. The molecule has 1 aromatic carbocycles. The number of benzene rings is 1. The highest BCUT2D eigenvalue weighted by Crippen LogP contribution is 2.30. The first-order valence-electron chi connectivity index (χ1n) is 7.17. The molecule has 6 heteroatoms. The molecule has 1 fully saturated rings. The Hall–Kier alpha value is -1.18. The fourth-order valence-corrected chi connectivity index (χ4v) is 3.34. The minimum Gasteiger partial charge on any atom is -0.458 e. The summed E-state index contributed by atoms with van der Waals surface area (Å²) in [5.74, 6) is -0.0486. The molecular formula is C15H18INO4. The van der Waals surface area contributed by atoms with Gasteiger partial charge >= 0.3 is 5.97 Å². The van der Waals surface area contributed by atoms with Gasteiger partial charge in [0.1, 0.15) is 6.10 Å². The van der Waals surface area contributed by atoms with Crippen molar-refractivity contribution in [1.29, 1.82) is 0 Å². The van der Waals surface area contributed by atoms with Crippen LogP contribution in [0.5, 0.6) is 0 Å². The van der Waals surface area contributed by atoms with E-state index in [0.29, 0.717) is 9.49 Å². The topological polar surface area (TPSA) is 69.4 Å². The Labute approximate surface area is 137 Å². The molecule has 1 aliphatic rings. The van der Waals surface area contributed by atoms with Crippen molar-refractivity contribution >= 4 is 34.2 Å². The van der Waals surface area contributed by atoms with Gasteiger partial charge in [-0.25, -0.2) is 4.79 Å². The van der Waals surface area contributed by atoms with Crippen LogP contribution in [-0.4, -0.2) is 17.0 Å². The number of hydrogen-bond donors (Lipinski definition) is 0. The number of esters is 1. The number of carbonyl (C=O) groups is 1. The van der Waals surface area contributed by atoms with Gasteiger partial charge in [-0.2, -0.15) is 0 Å². The normalized spacial score (nSPS) is 21.8. The highest BCUT2D eigenvalue weighted by atomic mass is 127. The van der Waals surface area contributed by atoms with Crippen LogP contribution in [0.4, 0.5) is 5.69 Å². The van der Waals surface area contributed by atoms with Gasteiger partial charge in [0, 0.05) is 15.7 Å². The van der Waals surface area contributed by atoms with Crippen molar-refractivity contribution < 1.29 is 14.5 Å². The summed E-state index contributed by atoms with van der Waals surface area (Å²) >= 11 is 2.00. The predicted molar refractivity (Wildman–Crippen MR) is 87.3 cm³/mol. The summed E-state index contributed by atoms with van der Waals surface area (Å²) < 4.78 is 6.30. The molecule has 1 aromatic rings. The number of ether oxygens (including phenoxy) is 1. The van der Waals surface area contributed by atoms with E-state index in [1.165, 1.54) is 18.6 Å². The lowest BCUT2D eigenvalue weighted by Gasteiger charge is -2.30. The molecule has 0 heterocycles. The summed E-state index contributed by atoms with van der Waals surface area (Å²) in [6.45, 7) is 2.11. The van der Waals surface area contributed by atoms with Crippen LogP contribution < -0.4 is 0 Å². The van der Waals surface area contributed by atoms with Crippen molar-refractivity contribution in [1.82, 2.24) is 0 Å². The van der Waals surface area contributed by atoms with E-state index in [9.17, 15) is 14.9 Å². The van der Waals surface area contributed by atoms with Gasteiger partial charge in [0.2, 0.25) is 0 Å². The van der Waals surface area contributed by atoms with Crippen molar-refractivity contribution in [3.63, 3.8) is 0 Å². The van der Waals surface area contributed by atoms with Gasteiger partial charge in [0.15, 0.2) is 0 Å². The predicted octanol–water partition coefficient (Wildman–Crippen LogP) is 4.33. The number of rotatable bonds is 4. The minimum absolute atomic E-state index is 0.0636. The Bertz CT molecular complexity index is 546. The van der Waals surface area contributed by atoms with Gasteiger partial charge in [-0.1, -0.05) is 13.3 Å². The molecule has 2 unspecified atom stereocenters. The first-order valence-corrected chi connectivity index (χ1v) is 8.25. The number of nitro benzene ring substituents is 1. The second kappa shape index (κ2) is 7.20. The monoisotopic (exact) mass is 403 g/mol. The number of nitrogens with zero attached hydrogens (tertiary/aromatic N) is 1. The number of carbonyl (C=O) groups excluding carboxylic acids is 1. The summed E-state index contributed by atoms with van der Waals surface area (Å²) in [4.78, 5) is 22.6. The summed E-state index contributed by atoms with van der Waals surface area (Å²) in [6, 6.07) is 4.27. The lowest BCUT2D eigenvalue weighted by atomic mass is 9.85. The van der Waals surface area contributed by atoms with E-state index in [0.717, 1.165) is 25.7 Å². The molecule has 5 nitrogen and oxygen atoms in total. The van der Waals surface area contributed by atoms with Crippen molar-refractivity contribution in [2.75, 3.05) is 0 Å². The number of halogens is 1. The summed E-state index contributed by atoms with van der Waals surface area (Å²) in [5.41, 5.74) is 0.197. The van der Waals surface area contributed by atoms with E-state index in [1.54, 1.807) is 6.07 Å². The van der Waals surface area contributed by atoms with Gasteiger partial charge in [0.05, 0.1) is 10.5 Å². The van der Waals surface area contributed by atoms with Crippen molar-refractivity contribution in [3.05, 3.63) is 37.4 Å². The molecule has 1 saturated carbocycles. The number of nitro groups is 1. The van der Waals surface area contributed by atoms with Crippen LogP contribution in [0.25, 0.3) is 0 Å². The lowest BCUT2D eigenvalue weighted by molar-refractivity contribution is -0.384. The molecule has 21 heavy (non-hydrogen) atoms. The van der Waals surface area contributed by atoms with Crippen LogP contribution in [0.2, 0.25) is 0 Å². The maximum Gasteiger partial charge on any atom is 0.339 e. The van der Waals surface area contributed by atoms with E-state index in [1.807, 2.05) is 22.6 Å². The minimum atomic E-state index is -0.498. The first-order chi connectivity index (χ1) is 10.0. The molecule has 0 spiro atoms. The molecule has 2 rings (SSSR count). The molecule has 0 aliphatic heterocycles. The highest BCUT2D eigenvalue weighted by molar-refractivity contribution is 14.1. The SMILES string of the molecule is CCC1CCCCC1OC(=O)c1cc([N+](=O)[O-])ccc1I. The molecule has 0 bridgehead atoms. The maximum atomic E-state index is 12.3. The number of non-ortho nitro benzene ring substituents is 1. The van der Waals surface area contributed by atoms with Crippen molar-refractivity contribution in [2.24, 2.45) is 5.92 Å². The summed E-state index contributed by atoms with van der Waals surface area (Å²) in [5, 5.41) is 10.8. The Balaban J connectivity index is 2.16. The zero-order chi connectivity index (χ0) is 15.4. The van der Waals surface area contributed by atoms with Gasteiger partial charge in [0.25, 0.3) is 5.69 Å². The van der Waals surface area contributed by atoms with E-state index in [4.69, 9.17) is 4.74 Å². The maximum absolute atomic E-state index is 12.3. The van der Waals surface area contributed by atoms with Crippen molar-refractivity contribution in [3.8, 4) is 0 Å². The van der Waals surface area contributed by atoms with Crippen LogP contribution in [0, 0.1) is 19.6 Å². The average Bonchev–Trinajstić information content (AvgIpc) is 2.47. The largest absolute Gasteiger partial charge is 0.458 e. The Morgan fingerprint density at radius 1 is 1.43 bits per heavy atom. The molecular weight excluding hydrogens is 385 g/mol. The first kappa shape index (κ1) is 16.2. The molecule has 0 N–H and O–H groups in total. The van der Waals surface area contributed by atoms with Gasteiger partial charge in [-0.15, -0.1) is 0 Å². The van der Waals surface area contributed by atoms with Crippen LogP contribution in [0.15, 0.2) is 18.2 Å².